The van der Waals surface area contributed by atoms with Gasteiger partial charge in [-0.25, -0.2) is 4.98 Å². The van der Waals surface area contributed by atoms with Crippen molar-refractivity contribution >= 4 is 34.1 Å². The summed E-state index contributed by atoms with van der Waals surface area (Å²) < 4.78 is 0. The molecule has 0 aliphatic heterocycles. The smallest absolute Gasteiger partial charge is 0.235 e. The molecule has 0 saturated heterocycles. The van der Waals surface area contributed by atoms with Crippen molar-refractivity contribution in [3.63, 3.8) is 0 Å². The zero-order valence-electron chi connectivity index (χ0n) is 8.31. The summed E-state index contributed by atoms with van der Waals surface area (Å²) in [6.07, 6.45) is 0. The summed E-state index contributed by atoms with van der Waals surface area (Å²) in [7, 11) is 0. The maximum absolute atomic E-state index is 11.2. The lowest BCUT2D eigenvalue weighted by atomic mass is 10.1. The predicted molar refractivity (Wildman–Crippen MR) is 64.8 cm³/mol. The van der Waals surface area contributed by atoms with E-state index in [9.17, 15) is 4.79 Å². The van der Waals surface area contributed by atoms with Crippen LogP contribution in [-0.4, -0.2) is 20.9 Å². The van der Waals surface area contributed by atoms with E-state index in [1.54, 1.807) is 0 Å². The first-order valence-electron chi connectivity index (χ1n) is 4.63. The average molecular weight is 234 g/mol. The Hall–Kier alpha value is -1.95. The molecule has 1 unspecified atom stereocenters. The highest BCUT2D eigenvalue weighted by Gasteiger charge is 2.24. The highest BCUT2D eigenvalue weighted by molar-refractivity contribution is 7.80. The molecule has 0 aliphatic carbocycles. The van der Waals surface area contributed by atoms with Gasteiger partial charge in [-0.2, -0.15) is 0 Å². The van der Waals surface area contributed by atoms with E-state index in [1.807, 2.05) is 24.3 Å². The summed E-state index contributed by atoms with van der Waals surface area (Å²) in [5, 5.41) is 0. The molecule has 5 nitrogen and oxygen atoms in total. The Kier molecular flexibility index (Phi) is 2.57. The molecule has 1 heterocycles. The summed E-state index contributed by atoms with van der Waals surface area (Å²) in [4.78, 5) is 18.4. The number of primary amides is 1. The van der Waals surface area contributed by atoms with Gasteiger partial charge in [0.25, 0.3) is 0 Å². The summed E-state index contributed by atoms with van der Waals surface area (Å²) in [5.74, 6) is -1.06. The van der Waals surface area contributed by atoms with Crippen LogP contribution in [0.4, 0.5) is 0 Å². The van der Waals surface area contributed by atoms with Crippen LogP contribution in [-0.2, 0) is 4.79 Å². The fourth-order valence-electron chi connectivity index (χ4n) is 1.52. The molecule has 2 rings (SSSR count). The van der Waals surface area contributed by atoms with Crippen molar-refractivity contribution < 1.29 is 4.79 Å². The van der Waals surface area contributed by atoms with Crippen molar-refractivity contribution in [2.75, 3.05) is 0 Å². The molecule has 0 spiro atoms. The Morgan fingerprint density at radius 2 is 2.06 bits per heavy atom. The van der Waals surface area contributed by atoms with E-state index in [0.717, 1.165) is 11.0 Å². The fraction of sp³-hybridized carbons (Fsp3) is 0.100. The molecule has 6 heteroatoms. The third-order valence-corrected chi connectivity index (χ3v) is 2.49. The Morgan fingerprint density at radius 1 is 1.38 bits per heavy atom. The van der Waals surface area contributed by atoms with Crippen molar-refractivity contribution in [2.24, 2.45) is 11.5 Å². The summed E-state index contributed by atoms with van der Waals surface area (Å²) in [6, 6.07) is 7.40. The van der Waals surface area contributed by atoms with Crippen LogP contribution in [0.3, 0.4) is 0 Å². The summed E-state index contributed by atoms with van der Waals surface area (Å²) in [6.45, 7) is 0. The lowest BCUT2D eigenvalue weighted by molar-refractivity contribution is -0.118. The molecule has 1 atom stereocenters. The van der Waals surface area contributed by atoms with E-state index in [4.69, 9.17) is 23.7 Å². The summed E-state index contributed by atoms with van der Waals surface area (Å²) in [5.41, 5.74) is 12.3. The Labute approximate surface area is 96.8 Å². The number of thiocarbonyl (C=S) groups is 1. The molecule has 1 amide bonds. The van der Waals surface area contributed by atoms with Crippen LogP contribution >= 0.6 is 12.2 Å². The van der Waals surface area contributed by atoms with Crippen LogP contribution in [0.5, 0.6) is 0 Å². The molecule has 1 aromatic carbocycles. The third-order valence-electron chi connectivity index (χ3n) is 2.25. The molecule has 0 aliphatic rings. The highest BCUT2D eigenvalue weighted by atomic mass is 32.1. The number of carbonyl (C=O) groups excluding carboxylic acids is 1. The van der Waals surface area contributed by atoms with E-state index in [2.05, 4.69) is 9.97 Å². The van der Waals surface area contributed by atoms with Crippen LogP contribution in [0.1, 0.15) is 11.7 Å². The van der Waals surface area contributed by atoms with Gasteiger partial charge in [0, 0.05) is 0 Å². The maximum atomic E-state index is 11.2. The molecular formula is C10H10N4OS. The van der Waals surface area contributed by atoms with Gasteiger partial charge in [0.05, 0.1) is 16.0 Å². The number of benzene rings is 1. The highest BCUT2D eigenvalue weighted by Crippen LogP contribution is 2.17. The quantitative estimate of drug-likeness (QED) is 0.670. The van der Waals surface area contributed by atoms with Gasteiger partial charge < -0.3 is 16.5 Å². The second-order valence-corrected chi connectivity index (χ2v) is 3.85. The number of nitrogens with two attached hydrogens (primary N) is 2. The SMILES string of the molecule is NC(=O)C(C(N)=S)c1nc2ccccc2[nH]1. The molecule has 1 aromatic heterocycles. The first-order valence-corrected chi connectivity index (χ1v) is 5.03. The number of imidazole rings is 1. The van der Waals surface area contributed by atoms with Crippen LogP contribution in [0.15, 0.2) is 24.3 Å². The van der Waals surface area contributed by atoms with Crippen LogP contribution < -0.4 is 11.5 Å². The Bertz CT molecular complexity index is 516. The first-order chi connectivity index (χ1) is 7.59. The molecular weight excluding hydrogens is 224 g/mol. The Morgan fingerprint density at radius 3 is 2.62 bits per heavy atom. The number of rotatable bonds is 3. The number of para-hydroxylation sites is 2. The van der Waals surface area contributed by atoms with Crippen LogP contribution in [0, 0.1) is 0 Å². The number of fused-ring (bicyclic) bond motifs is 1. The van der Waals surface area contributed by atoms with Gasteiger partial charge in [-0.1, -0.05) is 24.4 Å². The zero-order chi connectivity index (χ0) is 11.7. The number of aromatic nitrogens is 2. The van der Waals surface area contributed by atoms with Crippen molar-refractivity contribution in [3.8, 4) is 0 Å². The minimum Gasteiger partial charge on any atom is -0.392 e. The molecule has 0 bridgehead atoms. The number of H-pyrrole nitrogens is 1. The molecule has 0 radical (unpaired) electrons. The van der Waals surface area contributed by atoms with Gasteiger partial charge in [-0.05, 0) is 12.1 Å². The Balaban J connectivity index is 2.53. The van der Waals surface area contributed by atoms with Crippen molar-refractivity contribution in [2.45, 2.75) is 5.92 Å². The van der Waals surface area contributed by atoms with Crippen LogP contribution in [0.25, 0.3) is 11.0 Å². The number of carbonyl (C=O) groups is 1. The lowest BCUT2D eigenvalue weighted by Crippen LogP contribution is -2.32. The second kappa shape index (κ2) is 3.90. The van der Waals surface area contributed by atoms with Crippen molar-refractivity contribution in [1.29, 1.82) is 0 Å². The monoisotopic (exact) mass is 234 g/mol. The fourth-order valence-corrected chi connectivity index (χ4v) is 1.75. The third kappa shape index (κ3) is 1.74. The van der Waals surface area contributed by atoms with E-state index < -0.39 is 11.8 Å². The number of nitrogens with zero attached hydrogens (tertiary/aromatic N) is 1. The lowest BCUT2D eigenvalue weighted by Gasteiger charge is -2.07. The van der Waals surface area contributed by atoms with Crippen molar-refractivity contribution in [1.82, 2.24) is 9.97 Å². The minimum atomic E-state index is -0.845. The predicted octanol–water partition coefficient (Wildman–Crippen LogP) is 0.418. The average Bonchev–Trinajstić information content (AvgIpc) is 2.58. The van der Waals surface area contributed by atoms with Gasteiger partial charge in [0.2, 0.25) is 5.91 Å². The van der Waals surface area contributed by atoms with E-state index in [-0.39, 0.29) is 4.99 Å². The molecule has 82 valence electrons. The number of nitrogens with one attached hydrogen (secondary N) is 1. The number of hydrogen-bond donors (Lipinski definition) is 3. The standard InChI is InChI=1S/C10H10N4OS/c11-8(15)7(9(12)16)10-13-5-3-1-2-4-6(5)14-10/h1-4,7H,(H2,11,15)(H2,12,16)(H,13,14). The van der Waals surface area contributed by atoms with Crippen molar-refractivity contribution in [3.05, 3.63) is 30.1 Å². The van der Waals surface area contributed by atoms with Gasteiger partial charge in [-0.15, -0.1) is 0 Å². The largest absolute Gasteiger partial charge is 0.392 e. The molecule has 2 aromatic rings. The summed E-state index contributed by atoms with van der Waals surface area (Å²) >= 11 is 4.80. The molecule has 16 heavy (non-hydrogen) atoms. The molecule has 5 N–H and O–H groups in total. The maximum Gasteiger partial charge on any atom is 0.235 e. The first kappa shape index (κ1) is 10.6. The van der Waals surface area contributed by atoms with E-state index >= 15 is 0 Å². The normalized spacial score (nSPS) is 12.5. The van der Waals surface area contributed by atoms with E-state index in [0.29, 0.717) is 5.82 Å². The number of hydrogen-bond acceptors (Lipinski definition) is 3. The van der Waals surface area contributed by atoms with Gasteiger partial charge in [0.1, 0.15) is 11.7 Å². The second-order valence-electron chi connectivity index (χ2n) is 3.38. The van der Waals surface area contributed by atoms with Crippen LogP contribution in [0.2, 0.25) is 0 Å². The topological polar surface area (TPSA) is 97.8 Å². The van der Waals surface area contributed by atoms with Gasteiger partial charge in [-0.3, -0.25) is 4.79 Å². The molecule has 0 fully saturated rings. The molecule has 0 saturated carbocycles. The zero-order valence-corrected chi connectivity index (χ0v) is 9.12. The van der Waals surface area contributed by atoms with Gasteiger partial charge >= 0.3 is 0 Å². The number of aromatic amines is 1. The number of amides is 1. The van der Waals surface area contributed by atoms with E-state index in [1.165, 1.54) is 0 Å². The minimum absolute atomic E-state index is 0.0200. The van der Waals surface area contributed by atoms with Gasteiger partial charge in [0.15, 0.2) is 0 Å².